The van der Waals surface area contributed by atoms with Crippen LogP contribution in [0.15, 0.2) is 48.8 Å². The summed E-state index contributed by atoms with van der Waals surface area (Å²) in [6.07, 6.45) is 2.32. The minimum Gasteiger partial charge on any atom is -0.497 e. The third kappa shape index (κ3) is 5.58. The van der Waals surface area contributed by atoms with Crippen molar-refractivity contribution in [1.82, 2.24) is 14.5 Å². The summed E-state index contributed by atoms with van der Waals surface area (Å²) in [5.74, 6) is -0.0900. The van der Waals surface area contributed by atoms with Crippen LogP contribution in [-0.2, 0) is 20.8 Å². The molecule has 0 N–H and O–H groups in total. The number of amides is 1. The molecule has 1 aliphatic heterocycles. The summed E-state index contributed by atoms with van der Waals surface area (Å²) in [6, 6.07) is 8.71. The Hall–Kier alpha value is -3.79. The highest BCUT2D eigenvalue weighted by Crippen LogP contribution is 2.48. The van der Waals surface area contributed by atoms with E-state index in [-0.39, 0.29) is 17.5 Å². The van der Waals surface area contributed by atoms with Gasteiger partial charge in [-0.2, -0.15) is 0 Å². The molecule has 0 spiro atoms. The number of methoxy groups -OCH3 is 2. The van der Waals surface area contributed by atoms with E-state index in [0.29, 0.717) is 28.6 Å². The molecule has 2 aromatic carbocycles. The molecule has 1 unspecified atom stereocenters. The second-order valence-corrected chi connectivity index (χ2v) is 11.2. The maximum absolute atomic E-state index is 14.0. The number of carbonyl (C=O) groups is 2. The van der Waals surface area contributed by atoms with Gasteiger partial charge in [-0.3, -0.25) is 4.79 Å². The van der Waals surface area contributed by atoms with Crippen molar-refractivity contribution in [2.75, 3.05) is 14.2 Å². The smallest absolute Gasteiger partial charge is 0.497 e. The second-order valence-electron chi connectivity index (χ2n) is 10.8. The molecule has 3 aromatic rings. The van der Waals surface area contributed by atoms with Crippen LogP contribution in [0.4, 0.5) is 9.18 Å². The van der Waals surface area contributed by atoms with Crippen molar-refractivity contribution in [2.24, 2.45) is 5.92 Å². The van der Waals surface area contributed by atoms with E-state index in [4.69, 9.17) is 30.5 Å². The fourth-order valence-electron chi connectivity index (χ4n) is 4.86. The third-order valence-electron chi connectivity index (χ3n) is 6.99. The fourth-order valence-corrected chi connectivity index (χ4v) is 5.04. The summed E-state index contributed by atoms with van der Waals surface area (Å²) in [5, 5.41) is -0.0689. The maximum Gasteiger partial charge on any atom is 0.509 e. The lowest BCUT2D eigenvalue weighted by molar-refractivity contribution is -0.132. The lowest BCUT2D eigenvalue weighted by Crippen LogP contribution is -2.44. The van der Waals surface area contributed by atoms with Crippen molar-refractivity contribution < 1.29 is 32.9 Å². The van der Waals surface area contributed by atoms with E-state index in [0.717, 1.165) is 0 Å². The number of rotatable bonds is 7. The number of ether oxygens (including phenoxy) is 4. The molecule has 0 saturated carbocycles. The summed E-state index contributed by atoms with van der Waals surface area (Å²) < 4.78 is 38.0. The fraction of sp³-hybridized carbons (Fsp3) is 0.414. The Morgan fingerprint density at radius 2 is 1.88 bits per heavy atom. The van der Waals surface area contributed by atoms with E-state index < -0.39 is 35.1 Å². The van der Waals surface area contributed by atoms with Gasteiger partial charge in [0.25, 0.3) is 0 Å². The number of nitrogens with zero attached hydrogens (tertiary/aromatic N) is 3. The molecule has 1 amide bonds. The Bertz CT molecular complexity index is 1420. The van der Waals surface area contributed by atoms with Crippen LogP contribution in [0.2, 0.25) is 5.02 Å². The first kappa shape index (κ1) is 29.2. The second kappa shape index (κ2) is 11.0. The van der Waals surface area contributed by atoms with Gasteiger partial charge in [0, 0.05) is 29.7 Å². The first-order valence-corrected chi connectivity index (χ1v) is 13.1. The summed E-state index contributed by atoms with van der Waals surface area (Å²) in [5.41, 5.74) is -0.980. The molecule has 0 radical (unpaired) electrons. The molecule has 11 heteroatoms. The van der Waals surface area contributed by atoms with E-state index in [1.165, 1.54) is 19.2 Å². The van der Waals surface area contributed by atoms with Crippen LogP contribution >= 0.6 is 11.6 Å². The van der Waals surface area contributed by atoms with Gasteiger partial charge < -0.3 is 28.4 Å². The average Bonchev–Trinajstić information content (AvgIpc) is 3.42. The van der Waals surface area contributed by atoms with Crippen molar-refractivity contribution in [1.29, 1.82) is 0 Å². The minimum atomic E-state index is -1.40. The van der Waals surface area contributed by atoms with Gasteiger partial charge in [-0.25, -0.2) is 14.2 Å². The van der Waals surface area contributed by atoms with Gasteiger partial charge in [-0.15, -0.1) is 0 Å². The lowest BCUT2D eigenvalue weighted by atomic mass is 9.87. The van der Waals surface area contributed by atoms with Crippen LogP contribution in [0.1, 0.15) is 52.0 Å². The van der Waals surface area contributed by atoms with Crippen LogP contribution in [-0.4, -0.2) is 51.9 Å². The third-order valence-corrected chi connectivity index (χ3v) is 7.28. The van der Waals surface area contributed by atoms with Crippen molar-refractivity contribution in [2.45, 2.75) is 58.4 Å². The topological polar surface area (TPSA) is 92.1 Å². The number of likely N-dealkylation sites (tertiary alicyclic amines) is 1. The number of imidazole rings is 1. The summed E-state index contributed by atoms with van der Waals surface area (Å²) >= 11 is 6.09. The molecule has 214 valence electrons. The zero-order chi connectivity index (χ0) is 29.4. The maximum atomic E-state index is 14.0. The largest absolute Gasteiger partial charge is 0.509 e. The van der Waals surface area contributed by atoms with E-state index in [9.17, 15) is 14.0 Å². The van der Waals surface area contributed by atoms with Crippen LogP contribution in [0.3, 0.4) is 0 Å². The van der Waals surface area contributed by atoms with Crippen molar-refractivity contribution in [3.8, 4) is 17.2 Å². The number of benzene rings is 2. The SMILES string of the molecule is COc1ccc(CN2C(=O)C(C)[C@@](C)(OC(=O)OC(C)(C)C)[C@H]2c2nccn2-c2ccc(F)c(Cl)c2)c(OC)c1. The Balaban J connectivity index is 1.85. The van der Waals surface area contributed by atoms with Gasteiger partial charge in [0.1, 0.15) is 34.8 Å². The standard InChI is InChI=1S/C29H33ClFN3O6/c1-17-26(35)34(16-18-8-10-20(37-6)15-23(18)38-7)24(29(17,5)40-27(36)39-28(2,3)4)25-32-12-13-33(25)19-9-11-22(31)21(30)14-19/h8-15,17,24H,16H2,1-7H3/t17?,24-,29-/m1/s1. The average molecular weight is 574 g/mol. The molecule has 1 aromatic heterocycles. The van der Waals surface area contributed by atoms with Crippen LogP contribution < -0.4 is 9.47 Å². The Morgan fingerprint density at radius 1 is 1.15 bits per heavy atom. The molecule has 1 saturated heterocycles. The highest BCUT2D eigenvalue weighted by molar-refractivity contribution is 6.30. The van der Waals surface area contributed by atoms with E-state index in [2.05, 4.69) is 4.98 Å². The first-order chi connectivity index (χ1) is 18.8. The summed E-state index contributed by atoms with van der Waals surface area (Å²) in [4.78, 5) is 33.0. The molecule has 0 aliphatic carbocycles. The monoisotopic (exact) mass is 573 g/mol. The van der Waals surface area contributed by atoms with Gasteiger partial charge >= 0.3 is 6.16 Å². The molecule has 4 rings (SSSR count). The highest BCUT2D eigenvalue weighted by atomic mass is 35.5. The van der Waals surface area contributed by atoms with Gasteiger partial charge in [0.2, 0.25) is 5.91 Å². The molecule has 40 heavy (non-hydrogen) atoms. The first-order valence-electron chi connectivity index (χ1n) is 12.7. The summed E-state index contributed by atoms with van der Waals surface area (Å²) in [7, 11) is 3.09. The molecule has 3 atom stereocenters. The van der Waals surface area contributed by atoms with Crippen molar-refractivity contribution in [3.63, 3.8) is 0 Å². The zero-order valence-corrected chi connectivity index (χ0v) is 24.3. The van der Waals surface area contributed by atoms with Crippen molar-refractivity contribution in [3.05, 3.63) is 71.0 Å². The molecule has 1 aliphatic rings. The number of hydrogen-bond acceptors (Lipinski definition) is 7. The molecular weight excluding hydrogens is 541 g/mol. The predicted octanol–water partition coefficient (Wildman–Crippen LogP) is 6.11. The predicted molar refractivity (Wildman–Crippen MR) is 146 cm³/mol. The van der Waals surface area contributed by atoms with Gasteiger partial charge in [-0.1, -0.05) is 11.6 Å². The highest BCUT2D eigenvalue weighted by Gasteiger charge is 2.60. The molecule has 9 nitrogen and oxygen atoms in total. The minimum absolute atomic E-state index is 0.0689. The lowest BCUT2D eigenvalue weighted by Gasteiger charge is -2.36. The van der Waals surface area contributed by atoms with Crippen molar-refractivity contribution >= 4 is 23.7 Å². The molecule has 0 bridgehead atoms. The van der Waals surface area contributed by atoms with Crippen LogP contribution in [0.25, 0.3) is 5.69 Å². The van der Waals surface area contributed by atoms with E-state index in [1.807, 2.05) is 6.07 Å². The van der Waals surface area contributed by atoms with Gasteiger partial charge in [-0.05, 0) is 65.0 Å². The normalized spacial score (nSPS) is 20.9. The van der Waals surface area contributed by atoms with Gasteiger partial charge in [0.05, 0.1) is 31.7 Å². The summed E-state index contributed by atoms with van der Waals surface area (Å²) in [6.45, 7) is 8.68. The number of carbonyl (C=O) groups excluding carboxylic acids is 2. The number of hydrogen-bond donors (Lipinski definition) is 0. The molecular formula is C29H33ClFN3O6. The van der Waals surface area contributed by atoms with E-state index in [1.54, 1.807) is 81.8 Å². The number of aromatic nitrogens is 2. The number of halogens is 2. The van der Waals surface area contributed by atoms with Crippen LogP contribution in [0, 0.1) is 11.7 Å². The molecule has 1 fully saturated rings. The quantitative estimate of drug-likeness (QED) is 0.315. The Morgan fingerprint density at radius 3 is 2.50 bits per heavy atom. The van der Waals surface area contributed by atoms with Gasteiger partial charge in [0.15, 0.2) is 5.60 Å². The van der Waals surface area contributed by atoms with E-state index >= 15 is 0 Å². The zero-order valence-electron chi connectivity index (χ0n) is 23.5. The van der Waals surface area contributed by atoms with Crippen LogP contribution in [0.5, 0.6) is 11.5 Å². The Kier molecular flexibility index (Phi) is 8.03. The Labute approximate surface area is 237 Å². The molecule has 2 heterocycles.